The molecule has 3 aromatic heterocycles. The molecule has 4 heterocycles. The summed E-state index contributed by atoms with van der Waals surface area (Å²) in [7, 11) is 1.94. The van der Waals surface area contributed by atoms with Crippen LogP contribution in [-0.4, -0.2) is 31.3 Å². The summed E-state index contributed by atoms with van der Waals surface area (Å²) in [6.45, 7) is 6.37. The zero-order valence-electron chi connectivity index (χ0n) is 14.8. The summed E-state index contributed by atoms with van der Waals surface area (Å²) in [5.74, 6) is 2.39. The van der Waals surface area contributed by atoms with Gasteiger partial charge in [-0.15, -0.1) is 11.3 Å². The van der Waals surface area contributed by atoms with Crippen molar-refractivity contribution in [2.75, 3.05) is 11.9 Å². The van der Waals surface area contributed by atoms with Crippen molar-refractivity contribution in [2.45, 2.75) is 39.3 Å². The number of nitrogens with zero attached hydrogens (tertiary/aromatic N) is 5. The molecule has 0 saturated carbocycles. The molecule has 25 heavy (non-hydrogen) atoms. The number of fused-ring (bicyclic) bond motifs is 3. The zero-order valence-corrected chi connectivity index (χ0v) is 15.6. The largest absolute Gasteiger partial charge is 0.359 e. The SMILES string of the molecule is CC(C)CC(Nc1ncnc2sc3c(c12)CCNC3)c1ncnn1C. The van der Waals surface area contributed by atoms with E-state index in [9.17, 15) is 0 Å². The molecule has 0 radical (unpaired) electrons. The van der Waals surface area contributed by atoms with Gasteiger partial charge < -0.3 is 10.6 Å². The van der Waals surface area contributed by atoms with E-state index < -0.39 is 0 Å². The summed E-state index contributed by atoms with van der Waals surface area (Å²) in [5.41, 5.74) is 1.39. The van der Waals surface area contributed by atoms with E-state index in [0.717, 1.165) is 42.4 Å². The molecule has 8 heteroatoms. The second kappa shape index (κ2) is 6.68. The van der Waals surface area contributed by atoms with Crippen LogP contribution in [0.2, 0.25) is 0 Å². The number of anilines is 1. The number of thiophene rings is 1. The Bertz CT molecular complexity index is 882. The maximum Gasteiger partial charge on any atom is 0.149 e. The highest BCUT2D eigenvalue weighted by atomic mass is 32.1. The molecule has 0 aliphatic carbocycles. The highest BCUT2D eigenvalue weighted by Gasteiger charge is 2.23. The monoisotopic (exact) mass is 357 g/mol. The number of hydrogen-bond acceptors (Lipinski definition) is 7. The first-order valence-corrected chi connectivity index (χ1v) is 9.51. The minimum Gasteiger partial charge on any atom is -0.359 e. The van der Waals surface area contributed by atoms with Crippen molar-refractivity contribution in [3.8, 4) is 0 Å². The van der Waals surface area contributed by atoms with E-state index in [-0.39, 0.29) is 6.04 Å². The molecule has 0 bridgehead atoms. The Morgan fingerprint density at radius 1 is 1.28 bits per heavy atom. The van der Waals surface area contributed by atoms with Crippen LogP contribution in [-0.2, 0) is 20.0 Å². The van der Waals surface area contributed by atoms with Crippen LogP contribution in [0.4, 0.5) is 5.82 Å². The van der Waals surface area contributed by atoms with Gasteiger partial charge in [0.15, 0.2) is 0 Å². The summed E-state index contributed by atoms with van der Waals surface area (Å²) in [6.07, 6.45) is 5.25. The van der Waals surface area contributed by atoms with Gasteiger partial charge in [0.1, 0.15) is 29.1 Å². The number of aryl methyl sites for hydroxylation is 1. The van der Waals surface area contributed by atoms with Crippen LogP contribution >= 0.6 is 11.3 Å². The van der Waals surface area contributed by atoms with Crippen LogP contribution < -0.4 is 10.6 Å². The third-order valence-corrected chi connectivity index (χ3v) is 5.72. The highest BCUT2D eigenvalue weighted by molar-refractivity contribution is 7.18. The molecule has 0 fully saturated rings. The third kappa shape index (κ3) is 3.11. The predicted molar refractivity (Wildman–Crippen MR) is 99.6 cm³/mol. The lowest BCUT2D eigenvalue weighted by atomic mass is 10.0. The Labute approximate surface area is 150 Å². The van der Waals surface area contributed by atoms with Gasteiger partial charge in [0.25, 0.3) is 0 Å². The molecule has 0 amide bonds. The van der Waals surface area contributed by atoms with Crippen LogP contribution in [0, 0.1) is 5.92 Å². The van der Waals surface area contributed by atoms with Crippen LogP contribution in [0.1, 0.15) is 42.6 Å². The summed E-state index contributed by atoms with van der Waals surface area (Å²) < 4.78 is 1.84. The molecule has 0 spiro atoms. The molecule has 1 atom stereocenters. The first-order valence-electron chi connectivity index (χ1n) is 8.70. The van der Waals surface area contributed by atoms with Crippen LogP contribution in [0.25, 0.3) is 10.2 Å². The maximum absolute atomic E-state index is 4.58. The first kappa shape index (κ1) is 16.4. The summed E-state index contributed by atoms with van der Waals surface area (Å²) in [5, 5.41) is 12.5. The van der Waals surface area contributed by atoms with Crippen molar-refractivity contribution in [2.24, 2.45) is 13.0 Å². The summed E-state index contributed by atoms with van der Waals surface area (Å²) in [6, 6.07) is 0.0721. The summed E-state index contributed by atoms with van der Waals surface area (Å²) >= 11 is 1.77. The minimum absolute atomic E-state index is 0.0721. The van der Waals surface area contributed by atoms with E-state index in [1.165, 1.54) is 15.8 Å². The topological polar surface area (TPSA) is 80.6 Å². The third-order valence-electron chi connectivity index (χ3n) is 4.58. The van der Waals surface area contributed by atoms with Crippen molar-refractivity contribution in [3.05, 3.63) is 28.9 Å². The lowest BCUT2D eigenvalue weighted by Gasteiger charge is -2.21. The normalized spacial score (nSPS) is 15.5. The first-order chi connectivity index (χ1) is 12.1. The average Bonchev–Trinajstić information content (AvgIpc) is 3.17. The van der Waals surface area contributed by atoms with E-state index in [2.05, 4.69) is 44.5 Å². The smallest absolute Gasteiger partial charge is 0.149 e. The molecule has 3 aromatic rings. The number of nitrogens with one attached hydrogen (secondary N) is 2. The Kier molecular flexibility index (Phi) is 4.39. The molecule has 1 aliphatic heterocycles. The molecule has 0 saturated heterocycles. The molecule has 132 valence electrons. The molecule has 1 unspecified atom stereocenters. The molecular formula is C17H23N7S. The van der Waals surface area contributed by atoms with Crippen LogP contribution in [0.3, 0.4) is 0 Å². The lowest BCUT2D eigenvalue weighted by molar-refractivity contribution is 0.498. The van der Waals surface area contributed by atoms with Gasteiger partial charge in [0.05, 0.1) is 11.4 Å². The van der Waals surface area contributed by atoms with Gasteiger partial charge in [-0.3, -0.25) is 4.68 Å². The Balaban J connectivity index is 1.75. The average molecular weight is 357 g/mol. The zero-order chi connectivity index (χ0) is 17.4. The summed E-state index contributed by atoms with van der Waals surface area (Å²) in [4.78, 5) is 16.0. The quantitative estimate of drug-likeness (QED) is 0.731. The van der Waals surface area contributed by atoms with E-state index in [1.54, 1.807) is 24.0 Å². The van der Waals surface area contributed by atoms with Gasteiger partial charge in [0.2, 0.25) is 0 Å². The van der Waals surface area contributed by atoms with Gasteiger partial charge in [-0.2, -0.15) is 5.10 Å². The molecule has 2 N–H and O–H groups in total. The van der Waals surface area contributed by atoms with Crippen LogP contribution in [0.15, 0.2) is 12.7 Å². The molecule has 1 aliphatic rings. The number of rotatable bonds is 5. The van der Waals surface area contributed by atoms with Gasteiger partial charge in [-0.1, -0.05) is 13.8 Å². The van der Waals surface area contributed by atoms with E-state index >= 15 is 0 Å². The Morgan fingerprint density at radius 2 is 2.16 bits per heavy atom. The molecule has 0 aromatic carbocycles. The van der Waals surface area contributed by atoms with Crippen molar-refractivity contribution >= 4 is 27.4 Å². The van der Waals surface area contributed by atoms with Crippen molar-refractivity contribution < 1.29 is 0 Å². The fraction of sp³-hybridized carbons (Fsp3) is 0.529. The Hall–Kier alpha value is -2.06. The molecule has 4 rings (SSSR count). The second-order valence-electron chi connectivity index (χ2n) is 6.90. The highest BCUT2D eigenvalue weighted by Crippen LogP contribution is 2.37. The number of hydrogen-bond donors (Lipinski definition) is 2. The van der Waals surface area contributed by atoms with Crippen LogP contribution in [0.5, 0.6) is 0 Å². The van der Waals surface area contributed by atoms with E-state index in [0.29, 0.717) is 5.92 Å². The van der Waals surface area contributed by atoms with Gasteiger partial charge in [0, 0.05) is 18.5 Å². The van der Waals surface area contributed by atoms with E-state index in [4.69, 9.17) is 0 Å². The van der Waals surface area contributed by atoms with Gasteiger partial charge in [-0.05, 0) is 30.9 Å². The van der Waals surface area contributed by atoms with E-state index in [1.807, 2.05) is 11.7 Å². The standard InChI is InChI=1S/C17H23N7S/c1-10(2)6-12(16-20-9-22-24(16)3)23-15-14-11-4-5-18-7-13(11)25-17(14)21-8-19-15/h8-10,12,18H,4-7H2,1-3H3,(H,19,21,23). The minimum atomic E-state index is 0.0721. The predicted octanol–water partition coefficient (Wildman–Crippen LogP) is 2.66. The second-order valence-corrected chi connectivity index (χ2v) is 7.98. The van der Waals surface area contributed by atoms with Crippen molar-refractivity contribution in [1.82, 2.24) is 30.0 Å². The molecule has 7 nitrogen and oxygen atoms in total. The van der Waals surface area contributed by atoms with Gasteiger partial charge in [-0.25, -0.2) is 15.0 Å². The Morgan fingerprint density at radius 3 is 2.92 bits per heavy atom. The van der Waals surface area contributed by atoms with Crippen molar-refractivity contribution in [1.29, 1.82) is 0 Å². The molecular weight excluding hydrogens is 334 g/mol. The van der Waals surface area contributed by atoms with Gasteiger partial charge >= 0.3 is 0 Å². The fourth-order valence-corrected chi connectivity index (χ4v) is 4.61. The van der Waals surface area contributed by atoms with Crippen molar-refractivity contribution in [3.63, 3.8) is 0 Å². The maximum atomic E-state index is 4.58. The fourth-order valence-electron chi connectivity index (χ4n) is 3.45. The lowest BCUT2D eigenvalue weighted by Crippen LogP contribution is -2.22. The number of aromatic nitrogens is 5.